The highest BCUT2D eigenvalue weighted by Gasteiger charge is 2.20. The van der Waals surface area contributed by atoms with Crippen molar-refractivity contribution >= 4 is 23.1 Å². The summed E-state index contributed by atoms with van der Waals surface area (Å²) in [4.78, 5) is 11.5. The van der Waals surface area contributed by atoms with Crippen LogP contribution < -0.4 is 0 Å². The number of carbonyl (C=O) groups is 1. The molecule has 0 radical (unpaired) electrons. The summed E-state index contributed by atoms with van der Waals surface area (Å²) in [6.07, 6.45) is 2.20. The second-order valence-electron chi connectivity index (χ2n) is 5.25. The van der Waals surface area contributed by atoms with Gasteiger partial charge in [0.2, 0.25) is 0 Å². The first kappa shape index (κ1) is 12.0. The molecule has 1 aliphatic rings. The molecule has 102 valence electrons. The van der Waals surface area contributed by atoms with Gasteiger partial charge in [-0.1, -0.05) is 42.5 Å². The van der Waals surface area contributed by atoms with Crippen LogP contribution in [0.5, 0.6) is 0 Å². The Morgan fingerprint density at radius 3 is 2.67 bits per heavy atom. The molecule has 1 aromatic heterocycles. The van der Waals surface area contributed by atoms with Crippen LogP contribution in [0, 0.1) is 0 Å². The number of carboxylic acid groups (broad SMARTS) is 1. The molecule has 0 atom stereocenters. The van der Waals surface area contributed by atoms with Gasteiger partial charge in [0, 0.05) is 23.6 Å². The lowest BCUT2D eigenvalue weighted by atomic mass is 9.99. The van der Waals surface area contributed by atoms with Crippen molar-refractivity contribution < 1.29 is 9.90 Å². The van der Waals surface area contributed by atoms with Gasteiger partial charge < -0.3 is 9.67 Å². The Balaban J connectivity index is 2.12. The van der Waals surface area contributed by atoms with E-state index in [2.05, 4.69) is 12.1 Å². The van der Waals surface area contributed by atoms with E-state index in [1.165, 1.54) is 0 Å². The maximum Gasteiger partial charge on any atom is 0.333 e. The smallest absolute Gasteiger partial charge is 0.333 e. The molecule has 4 rings (SSSR count). The number of hydrogen-bond acceptors (Lipinski definition) is 1. The predicted molar refractivity (Wildman–Crippen MR) is 83.0 cm³/mol. The maximum atomic E-state index is 11.5. The Hall–Kier alpha value is -2.81. The largest absolute Gasteiger partial charge is 0.478 e. The second kappa shape index (κ2) is 4.35. The highest BCUT2D eigenvalue weighted by molar-refractivity contribution is 5.96. The lowest BCUT2D eigenvalue weighted by molar-refractivity contribution is -0.132. The van der Waals surface area contributed by atoms with E-state index < -0.39 is 5.97 Å². The molecule has 3 aromatic rings. The van der Waals surface area contributed by atoms with E-state index in [0.717, 1.165) is 27.7 Å². The number of aliphatic carboxylic acids is 1. The molecule has 1 N–H and O–H groups in total. The van der Waals surface area contributed by atoms with Crippen LogP contribution in [0.25, 0.3) is 28.4 Å². The van der Waals surface area contributed by atoms with Crippen LogP contribution in [0.15, 0.2) is 60.2 Å². The summed E-state index contributed by atoms with van der Waals surface area (Å²) in [5.41, 5.74) is 4.63. The van der Waals surface area contributed by atoms with Gasteiger partial charge in [-0.25, -0.2) is 4.79 Å². The normalized spacial score (nSPS) is 13.2. The van der Waals surface area contributed by atoms with Gasteiger partial charge in [-0.15, -0.1) is 0 Å². The summed E-state index contributed by atoms with van der Waals surface area (Å²) < 4.78 is 1.99. The SMILES string of the molecule is O=C(O)C1=Cn2c(cc3ccccc32)-c2ccccc2C1. The van der Waals surface area contributed by atoms with E-state index in [4.69, 9.17) is 0 Å². The molecular weight excluding hydrogens is 262 g/mol. The summed E-state index contributed by atoms with van der Waals surface area (Å²) in [7, 11) is 0. The third-order valence-electron chi connectivity index (χ3n) is 3.98. The lowest BCUT2D eigenvalue weighted by Gasteiger charge is -2.06. The zero-order valence-electron chi connectivity index (χ0n) is 11.3. The summed E-state index contributed by atoms with van der Waals surface area (Å²) in [6, 6.07) is 18.2. The Bertz CT molecular complexity index is 902. The molecule has 2 aromatic carbocycles. The first-order valence-electron chi connectivity index (χ1n) is 6.86. The first-order valence-corrected chi connectivity index (χ1v) is 6.86. The number of para-hydroxylation sites is 1. The van der Waals surface area contributed by atoms with E-state index in [1.807, 2.05) is 47.0 Å². The fourth-order valence-electron chi connectivity index (χ4n) is 2.98. The van der Waals surface area contributed by atoms with Crippen LogP contribution in [0.3, 0.4) is 0 Å². The fourth-order valence-corrected chi connectivity index (χ4v) is 2.98. The highest BCUT2D eigenvalue weighted by atomic mass is 16.4. The molecule has 0 spiro atoms. The first-order chi connectivity index (χ1) is 10.2. The average molecular weight is 275 g/mol. The molecule has 3 nitrogen and oxygen atoms in total. The average Bonchev–Trinajstić information content (AvgIpc) is 2.77. The quantitative estimate of drug-likeness (QED) is 0.734. The van der Waals surface area contributed by atoms with Gasteiger partial charge in [-0.05, 0) is 17.7 Å². The van der Waals surface area contributed by atoms with Crippen molar-refractivity contribution in [3.63, 3.8) is 0 Å². The Kier molecular flexibility index (Phi) is 2.48. The predicted octanol–water partition coefficient (Wildman–Crippen LogP) is 3.79. The van der Waals surface area contributed by atoms with Crippen molar-refractivity contribution in [1.82, 2.24) is 4.57 Å². The summed E-state index contributed by atoms with van der Waals surface area (Å²) in [6.45, 7) is 0. The maximum absolute atomic E-state index is 11.5. The Labute approximate surface area is 121 Å². The van der Waals surface area contributed by atoms with Crippen molar-refractivity contribution in [1.29, 1.82) is 0 Å². The van der Waals surface area contributed by atoms with Crippen LogP contribution in [-0.4, -0.2) is 15.6 Å². The molecule has 21 heavy (non-hydrogen) atoms. The zero-order valence-corrected chi connectivity index (χ0v) is 11.3. The Morgan fingerprint density at radius 1 is 1.05 bits per heavy atom. The van der Waals surface area contributed by atoms with Gasteiger partial charge in [0.25, 0.3) is 0 Å². The molecule has 0 unspecified atom stereocenters. The van der Waals surface area contributed by atoms with Crippen LogP contribution in [0.1, 0.15) is 5.56 Å². The Morgan fingerprint density at radius 2 is 1.81 bits per heavy atom. The van der Waals surface area contributed by atoms with Crippen LogP contribution in [-0.2, 0) is 11.2 Å². The van der Waals surface area contributed by atoms with E-state index in [1.54, 1.807) is 6.20 Å². The van der Waals surface area contributed by atoms with E-state index in [0.29, 0.717) is 12.0 Å². The van der Waals surface area contributed by atoms with Crippen LogP contribution in [0.4, 0.5) is 0 Å². The van der Waals surface area contributed by atoms with Crippen LogP contribution in [0.2, 0.25) is 0 Å². The van der Waals surface area contributed by atoms with Gasteiger partial charge in [-0.3, -0.25) is 0 Å². The van der Waals surface area contributed by atoms with Crippen molar-refractivity contribution in [2.75, 3.05) is 0 Å². The minimum atomic E-state index is -0.865. The fraction of sp³-hybridized carbons (Fsp3) is 0.0556. The summed E-state index contributed by atoms with van der Waals surface area (Å²) in [5.74, 6) is -0.865. The number of hydrogen-bond donors (Lipinski definition) is 1. The molecular formula is C18H13NO2. The van der Waals surface area contributed by atoms with Gasteiger partial charge >= 0.3 is 5.97 Å². The number of aromatic nitrogens is 1. The lowest BCUT2D eigenvalue weighted by Crippen LogP contribution is -2.04. The minimum Gasteiger partial charge on any atom is -0.478 e. The topological polar surface area (TPSA) is 42.2 Å². The van der Waals surface area contributed by atoms with Gasteiger partial charge in [0.05, 0.1) is 16.8 Å². The molecule has 1 aliphatic heterocycles. The molecule has 0 fully saturated rings. The van der Waals surface area contributed by atoms with Crippen molar-refractivity contribution in [3.8, 4) is 11.3 Å². The minimum absolute atomic E-state index is 0.405. The molecule has 0 aliphatic carbocycles. The van der Waals surface area contributed by atoms with Crippen LogP contribution >= 0.6 is 0 Å². The molecule has 3 heteroatoms. The van der Waals surface area contributed by atoms with Crippen molar-refractivity contribution in [2.24, 2.45) is 0 Å². The monoisotopic (exact) mass is 275 g/mol. The molecule has 0 saturated heterocycles. The highest BCUT2D eigenvalue weighted by Crippen LogP contribution is 2.34. The number of rotatable bonds is 1. The summed E-state index contributed by atoms with van der Waals surface area (Å²) >= 11 is 0. The molecule has 0 amide bonds. The standard InChI is InChI=1S/C18H13NO2/c20-18(21)14-9-12-5-1-3-7-15(12)17-10-13-6-2-4-8-16(13)19(17)11-14/h1-8,10-11H,9H2,(H,20,21). The van der Waals surface area contributed by atoms with Gasteiger partial charge in [0.1, 0.15) is 0 Å². The number of carboxylic acids is 1. The number of fused-ring (bicyclic) bond motifs is 5. The number of nitrogens with zero attached hydrogens (tertiary/aromatic N) is 1. The third-order valence-corrected chi connectivity index (χ3v) is 3.98. The zero-order chi connectivity index (χ0) is 14.4. The van der Waals surface area contributed by atoms with Crippen molar-refractivity contribution in [2.45, 2.75) is 6.42 Å². The second-order valence-corrected chi connectivity index (χ2v) is 5.25. The summed E-state index contributed by atoms with van der Waals surface area (Å²) in [5, 5.41) is 10.6. The molecule has 0 saturated carbocycles. The third kappa shape index (κ3) is 1.78. The van der Waals surface area contributed by atoms with Gasteiger partial charge in [0.15, 0.2) is 0 Å². The van der Waals surface area contributed by atoms with E-state index in [9.17, 15) is 9.90 Å². The van der Waals surface area contributed by atoms with E-state index in [-0.39, 0.29) is 0 Å². The van der Waals surface area contributed by atoms with Gasteiger partial charge in [-0.2, -0.15) is 0 Å². The number of benzene rings is 2. The molecule has 0 bridgehead atoms. The molecule has 2 heterocycles. The van der Waals surface area contributed by atoms with Crippen molar-refractivity contribution in [3.05, 3.63) is 65.7 Å². The van der Waals surface area contributed by atoms with E-state index >= 15 is 0 Å².